The molecule has 3 aromatic rings. The van der Waals surface area contributed by atoms with E-state index in [1.54, 1.807) is 26.0 Å². The Morgan fingerprint density at radius 3 is 2.60 bits per heavy atom. The molecule has 1 aromatic carbocycles. The Labute approximate surface area is 172 Å². The van der Waals surface area contributed by atoms with E-state index >= 15 is 0 Å². The second kappa shape index (κ2) is 8.54. The third-order valence-corrected chi connectivity index (χ3v) is 5.70. The van der Waals surface area contributed by atoms with E-state index in [0.717, 1.165) is 12.1 Å². The Hall–Kier alpha value is -3.40. The number of benzene rings is 1. The van der Waals surface area contributed by atoms with Gasteiger partial charge in [0.15, 0.2) is 0 Å². The number of carbonyl (C=O) groups is 1. The number of aromatic nitrogens is 2. The first-order chi connectivity index (χ1) is 14.2. The molecule has 0 aliphatic rings. The van der Waals surface area contributed by atoms with Crippen molar-refractivity contribution in [2.24, 2.45) is 0 Å². The lowest BCUT2D eigenvalue weighted by atomic mass is 10.0. The number of amides is 1. The third-order valence-electron chi connectivity index (χ3n) is 4.30. The van der Waals surface area contributed by atoms with Gasteiger partial charge >= 0.3 is 0 Å². The van der Waals surface area contributed by atoms with Crippen LogP contribution < -0.4 is 10.0 Å². The van der Waals surface area contributed by atoms with Gasteiger partial charge in [-0.15, -0.1) is 0 Å². The molecule has 0 saturated heterocycles. The SMILES string of the molecule is CCC(=O)Nc1cc(-c2cncc(NS(=O)(=O)c3ccc(F)cc3F)c2C)ccn1. The molecule has 3 rings (SSSR count). The number of nitrogens with zero attached hydrogens (tertiary/aromatic N) is 2. The highest BCUT2D eigenvalue weighted by Gasteiger charge is 2.21. The molecule has 30 heavy (non-hydrogen) atoms. The fourth-order valence-electron chi connectivity index (χ4n) is 2.71. The van der Waals surface area contributed by atoms with E-state index in [1.807, 2.05) is 0 Å². The average Bonchev–Trinajstić information content (AvgIpc) is 2.69. The van der Waals surface area contributed by atoms with Crippen LogP contribution in [0.3, 0.4) is 0 Å². The minimum absolute atomic E-state index is 0.132. The molecule has 0 aliphatic heterocycles. The van der Waals surface area contributed by atoms with Gasteiger partial charge in [0, 0.05) is 30.4 Å². The van der Waals surface area contributed by atoms with E-state index in [0.29, 0.717) is 35.0 Å². The van der Waals surface area contributed by atoms with Crippen molar-refractivity contribution in [2.45, 2.75) is 25.2 Å². The maximum atomic E-state index is 14.0. The number of halogens is 2. The molecule has 0 bridgehead atoms. The van der Waals surface area contributed by atoms with Crippen molar-refractivity contribution in [3.63, 3.8) is 0 Å². The van der Waals surface area contributed by atoms with E-state index < -0.39 is 26.6 Å². The van der Waals surface area contributed by atoms with Gasteiger partial charge in [-0.25, -0.2) is 22.2 Å². The molecule has 0 unspecified atom stereocenters. The van der Waals surface area contributed by atoms with E-state index in [-0.39, 0.29) is 11.6 Å². The highest BCUT2D eigenvalue weighted by molar-refractivity contribution is 7.92. The average molecular weight is 432 g/mol. The molecule has 10 heteroatoms. The Kier molecular flexibility index (Phi) is 6.06. The van der Waals surface area contributed by atoms with Crippen molar-refractivity contribution in [1.29, 1.82) is 0 Å². The minimum atomic E-state index is -4.31. The Bertz CT molecular complexity index is 1220. The monoisotopic (exact) mass is 432 g/mol. The second-order valence-corrected chi connectivity index (χ2v) is 8.02. The summed E-state index contributed by atoms with van der Waals surface area (Å²) in [6, 6.07) is 5.53. The quantitative estimate of drug-likeness (QED) is 0.616. The zero-order valence-corrected chi connectivity index (χ0v) is 16.9. The van der Waals surface area contributed by atoms with Gasteiger partial charge in [0.2, 0.25) is 5.91 Å². The summed E-state index contributed by atoms with van der Waals surface area (Å²) < 4.78 is 54.5. The molecule has 0 aliphatic carbocycles. The number of anilines is 2. The minimum Gasteiger partial charge on any atom is -0.311 e. The topological polar surface area (TPSA) is 101 Å². The number of hydrogen-bond acceptors (Lipinski definition) is 5. The highest BCUT2D eigenvalue weighted by Crippen LogP contribution is 2.30. The van der Waals surface area contributed by atoms with Crippen LogP contribution in [-0.2, 0) is 14.8 Å². The Balaban J connectivity index is 1.96. The largest absolute Gasteiger partial charge is 0.311 e. The Morgan fingerprint density at radius 2 is 1.90 bits per heavy atom. The number of sulfonamides is 1. The number of rotatable bonds is 6. The van der Waals surface area contributed by atoms with Crippen molar-refractivity contribution in [1.82, 2.24) is 9.97 Å². The summed E-state index contributed by atoms with van der Waals surface area (Å²) in [6.45, 7) is 3.38. The van der Waals surface area contributed by atoms with E-state index in [4.69, 9.17) is 0 Å². The molecule has 0 radical (unpaired) electrons. The van der Waals surface area contributed by atoms with Crippen molar-refractivity contribution in [3.8, 4) is 11.1 Å². The summed E-state index contributed by atoms with van der Waals surface area (Å²) >= 11 is 0. The van der Waals surface area contributed by atoms with Gasteiger partial charge in [-0.3, -0.25) is 14.5 Å². The molecule has 0 saturated carbocycles. The van der Waals surface area contributed by atoms with Crippen molar-refractivity contribution in [2.75, 3.05) is 10.0 Å². The van der Waals surface area contributed by atoms with Crippen molar-refractivity contribution in [3.05, 3.63) is 66.1 Å². The zero-order chi connectivity index (χ0) is 21.9. The first-order valence-corrected chi connectivity index (χ1v) is 10.4. The van der Waals surface area contributed by atoms with Gasteiger partial charge in [-0.2, -0.15) is 0 Å². The van der Waals surface area contributed by atoms with Gasteiger partial charge in [0.1, 0.15) is 22.3 Å². The maximum Gasteiger partial charge on any atom is 0.264 e. The summed E-state index contributed by atoms with van der Waals surface area (Å²) in [5, 5.41) is 2.65. The van der Waals surface area contributed by atoms with Crippen LogP contribution in [0.25, 0.3) is 11.1 Å². The maximum absolute atomic E-state index is 14.0. The van der Waals surface area contributed by atoms with Gasteiger partial charge in [0.25, 0.3) is 10.0 Å². The molecular formula is C20H18F2N4O3S. The van der Waals surface area contributed by atoms with Crippen LogP contribution in [0.4, 0.5) is 20.3 Å². The molecule has 2 aromatic heterocycles. The van der Waals surface area contributed by atoms with Crippen LogP contribution in [0.1, 0.15) is 18.9 Å². The van der Waals surface area contributed by atoms with Crippen LogP contribution >= 0.6 is 0 Å². The van der Waals surface area contributed by atoms with Crippen molar-refractivity contribution < 1.29 is 22.0 Å². The van der Waals surface area contributed by atoms with E-state index in [9.17, 15) is 22.0 Å². The van der Waals surface area contributed by atoms with Gasteiger partial charge in [-0.05, 0) is 42.3 Å². The molecule has 7 nitrogen and oxygen atoms in total. The van der Waals surface area contributed by atoms with Gasteiger partial charge < -0.3 is 5.32 Å². The summed E-state index contributed by atoms with van der Waals surface area (Å²) in [6.07, 6.45) is 4.62. The first-order valence-electron chi connectivity index (χ1n) is 8.90. The van der Waals surface area contributed by atoms with Crippen molar-refractivity contribution >= 4 is 27.4 Å². The number of carbonyl (C=O) groups excluding carboxylic acids is 1. The summed E-state index contributed by atoms with van der Waals surface area (Å²) in [5.41, 5.74) is 1.89. The van der Waals surface area contributed by atoms with E-state index in [2.05, 4.69) is 20.0 Å². The normalized spacial score (nSPS) is 11.2. The lowest BCUT2D eigenvalue weighted by Gasteiger charge is -2.14. The predicted octanol–water partition coefficient (Wildman–Crippen LogP) is 3.88. The lowest BCUT2D eigenvalue weighted by Crippen LogP contribution is -2.16. The second-order valence-electron chi connectivity index (χ2n) is 6.37. The molecule has 156 valence electrons. The van der Waals surface area contributed by atoms with Crippen LogP contribution in [0.15, 0.2) is 53.8 Å². The predicted molar refractivity (Wildman–Crippen MR) is 108 cm³/mol. The zero-order valence-electron chi connectivity index (χ0n) is 16.1. The number of hydrogen-bond donors (Lipinski definition) is 2. The lowest BCUT2D eigenvalue weighted by molar-refractivity contribution is -0.115. The van der Waals surface area contributed by atoms with Crippen LogP contribution in [-0.4, -0.2) is 24.3 Å². The fourth-order valence-corrected chi connectivity index (χ4v) is 3.88. The van der Waals surface area contributed by atoms with Crippen LogP contribution in [0.5, 0.6) is 0 Å². The Morgan fingerprint density at radius 1 is 1.13 bits per heavy atom. The van der Waals surface area contributed by atoms with Crippen LogP contribution in [0.2, 0.25) is 0 Å². The standard InChI is InChI=1S/C20H18F2N4O3S/c1-3-20(27)25-19-8-13(6-7-24-19)15-10-23-11-17(12(15)2)26-30(28,29)18-5-4-14(21)9-16(18)22/h4-11,26H,3H2,1-2H3,(H,24,25,27). The molecule has 0 fully saturated rings. The molecule has 0 spiro atoms. The molecule has 2 N–H and O–H groups in total. The fraction of sp³-hybridized carbons (Fsp3) is 0.150. The smallest absolute Gasteiger partial charge is 0.264 e. The van der Waals surface area contributed by atoms with E-state index in [1.165, 1.54) is 18.6 Å². The van der Waals surface area contributed by atoms with Crippen LogP contribution in [0, 0.1) is 18.6 Å². The van der Waals surface area contributed by atoms with Gasteiger partial charge in [-0.1, -0.05) is 6.92 Å². The summed E-state index contributed by atoms with van der Waals surface area (Å²) in [5.74, 6) is -1.93. The summed E-state index contributed by atoms with van der Waals surface area (Å²) in [4.78, 5) is 19.1. The number of pyridine rings is 2. The first kappa shape index (κ1) is 21.3. The molecule has 2 heterocycles. The molecule has 1 amide bonds. The molecule has 0 atom stereocenters. The highest BCUT2D eigenvalue weighted by atomic mass is 32.2. The third kappa shape index (κ3) is 4.60. The molecular weight excluding hydrogens is 414 g/mol. The van der Waals surface area contributed by atoms with Gasteiger partial charge in [0.05, 0.1) is 11.9 Å². The number of nitrogens with one attached hydrogen (secondary N) is 2. The summed E-state index contributed by atoms with van der Waals surface area (Å²) in [7, 11) is -4.31.